The van der Waals surface area contributed by atoms with Crippen LogP contribution in [-0.4, -0.2) is 80.3 Å². The molecule has 2 aliphatic rings. The van der Waals surface area contributed by atoms with Crippen molar-refractivity contribution >= 4 is 28.9 Å². The van der Waals surface area contributed by atoms with Crippen LogP contribution in [0, 0.1) is 0 Å². The second kappa shape index (κ2) is 13.7. The first kappa shape index (κ1) is 34.7. The fraction of sp³-hybridized carbons (Fsp3) is 0.630. The highest BCUT2D eigenvalue weighted by Gasteiger charge is 2.46. The van der Waals surface area contributed by atoms with Gasteiger partial charge in [-0.15, -0.1) is 5.10 Å². The molecule has 2 N–H and O–H groups in total. The van der Waals surface area contributed by atoms with Crippen LogP contribution < -0.4 is 10.6 Å². The van der Waals surface area contributed by atoms with Crippen LogP contribution in [-0.2, 0) is 30.1 Å². The second-order valence-electron chi connectivity index (χ2n) is 11.3. The minimum Gasteiger partial charge on any atom is -0.358 e. The molecule has 1 amide bonds. The first-order valence-electron chi connectivity index (χ1n) is 14.3. The Balaban J connectivity index is 1.37. The number of benzene rings is 1. The highest BCUT2D eigenvalue weighted by molar-refractivity contribution is 7.80. The molecule has 1 aliphatic carbocycles. The largest absolute Gasteiger partial charge is 0.471 e. The maximum Gasteiger partial charge on any atom is 0.471 e. The summed E-state index contributed by atoms with van der Waals surface area (Å²) >= 11 is 5.27. The van der Waals surface area contributed by atoms with Crippen molar-refractivity contribution in [2.75, 3.05) is 25.5 Å². The van der Waals surface area contributed by atoms with Gasteiger partial charge in [-0.1, -0.05) is 18.1 Å². The Morgan fingerprint density at radius 1 is 0.978 bits per heavy atom. The predicted molar refractivity (Wildman–Crippen MR) is 149 cm³/mol. The van der Waals surface area contributed by atoms with Gasteiger partial charge in [0, 0.05) is 37.3 Å². The maximum absolute atomic E-state index is 13.3. The van der Waals surface area contributed by atoms with Crippen molar-refractivity contribution < 1.29 is 44.3 Å². The maximum atomic E-state index is 13.3. The van der Waals surface area contributed by atoms with Gasteiger partial charge in [-0.2, -0.15) is 39.5 Å². The van der Waals surface area contributed by atoms with E-state index in [0.717, 1.165) is 24.2 Å². The van der Waals surface area contributed by atoms with Crippen molar-refractivity contribution in [1.29, 1.82) is 0 Å². The van der Waals surface area contributed by atoms with Crippen LogP contribution in [0.15, 0.2) is 24.4 Å². The van der Waals surface area contributed by atoms with E-state index in [1.807, 2.05) is 11.9 Å². The average Bonchev–Trinajstić information content (AvgIpc) is 3.59. The average molecular weight is 674 g/mol. The molecule has 2 heterocycles. The number of nitrogens with zero attached hydrogens (tertiary/aromatic N) is 5. The standard InChI is InChI=1S/C27H32F9N7OS/c1-41(10-8-19-14-37-40-43(19)15-20-5-4-9-42(20)23(44)27(34,35)36)22-7-3-2-6-21(22)39-24(45)38-18-12-16(25(28,29)30)11-17(13-18)26(31,32)33/h11-14,20-22H,2-10,15H2,1H3,(H2,38,39,45)/t20-,21-,22-/m1/s1. The third-order valence-corrected chi connectivity index (χ3v) is 8.36. The smallest absolute Gasteiger partial charge is 0.358 e. The molecule has 1 saturated carbocycles. The molecule has 1 aromatic carbocycles. The van der Waals surface area contributed by atoms with Crippen molar-refractivity contribution in [3.05, 3.63) is 41.2 Å². The third-order valence-electron chi connectivity index (χ3n) is 8.14. The van der Waals surface area contributed by atoms with E-state index in [0.29, 0.717) is 50.1 Å². The van der Waals surface area contributed by atoms with Crippen LogP contribution in [0.3, 0.4) is 0 Å². The van der Waals surface area contributed by atoms with Gasteiger partial charge in [-0.05, 0) is 63.1 Å². The molecule has 0 spiro atoms. The fourth-order valence-corrected chi connectivity index (χ4v) is 6.18. The van der Waals surface area contributed by atoms with Crippen molar-refractivity contribution in [2.24, 2.45) is 0 Å². The van der Waals surface area contributed by atoms with Gasteiger partial charge in [0.15, 0.2) is 5.11 Å². The monoisotopic (exact) mass is 673 g/mol. The van der Waals surface area contributed by atoms with E-state index in [2.05, 4.69) is 20.9 Å². The summed E-state index contributed by atoms with van der Waals surface area (Å²) in [6, 6.07) is 0.150. The van der Waals surface area contributed by atoms with E-state index in [1.54, 1.807) is 0 Å². The van der Waals surface area contributed by atoms with Gasteiger partial charge in [0.25, 0.3) is 0 Å². The first-order valence-corrected chi connectivity index (χ1v) is 14.7. The molecule has 250 valence electrons. The number of hydrogen-bond acceptors (Lipinski definition) is 5. The number of thiocarbonyl (C=S) groups is 1. The van der Waals surface area contributed by atoms with E-state index in [-0.39, 0.29) is 36.4 Å². The van der Waals surface area contributed by atoms with Gasteiger partial charge in [0.05, 0.1) is 35.6 Å². The number of hydrogen-bond donors (Lipinski definition) is 2. The van der Waals surface area contributed by atoms with Crippen LogP contribution >= 0.6 is 12.2 Å². The minimum absolute atomic E-state index is 0.0137. The van der Waals surface area contributed by atoms with Gasteiger partial charge in [-0.25, -0.2) is 4.68 Å². The number of likely N-dealkylation sites (N-methyl/N-ethyl adjacent to an activating group) is 1. The molecule has 1 aliphatic heterocycles. The molecule has 3 atom stereocenters. The van der Waals surface area contributed by atoms with Gasteiger partial charge >= 0.3 is 24.4 Å². The molecule has 4 rings (SSSR count). The summed E-state index contributed by atoms with van der Waals surface area (Å²) in [4.78, 5) is 14.7. The van der Waals surface area contributed by atoms with E-state index < -0.39 is 47.3 Å². The topological polar surface area (TPSA) is 78.3 Å². The Labute approximate surface area is 258 Å². The molecule has 2 fully saturated rings. The number of alkyl halides is 9. The minimum atomic E-state index is -4.99. The summed E-state index contributed by atoms with van der Waals surface area (Å²) in [7, 11) is 1.86. The Morgan fingerprint density at radius 3 is 2.24 bits per heavy atom. The summed E-state index contributed by atoms with van der Waals surface area (Å²) in [6.07, 6.45) is -9.04. The second-order valence-corrected chi connectivity index (χ2v) is 11.7. The van der Waals surface area contributed by atoms with E-state index >= 15 is 0 Å². The summed E-state index contributed by atoms with van der Waals surface area (Å²) in [5.41, 5.74) is -2.71. The lowest BCUT2D eigenvalue weighted by atomic mass is 9.89. The van der Waals surface area contributed by atoms with Crippen LogP contribution in [0.1, 0.15) is 55.3 Å². The Morgan fingerprint density at radius 2 is 1.62 bits per heavy atom. The number of aromatic nitrogens is 3. The zero-order valence-electron chi connectivity index (χ0n) is 24.1. The summed E-state index contributed by atoms with van der Waals surface area (Å²) in [5.74, 6) is -1.87. The number of likely N-dealkylation sites (tertiary alicyclic amines) is 1. The van der Waals surface area contributed by atoms with Crippen molar-refractivity contribution in [1.82, 2.24) is 30.1 Å². The summed E-state index contributed by atoms with van der Waals surface area (Å²) < 4.78 is 120. The summed E-state index contributed by atoms with van der Waals surface area (Å²) in [5, 5.41) is 13.3. The van der Waals surface area contributed by atoms with Crippen molar-refractivity contribution in [3.63, 3.8) is 0 Å². The fourth-order valence-electron chi connectivity index (χ4n) is 5.91. The molecule has 1 aromatic heterocycles. The van der Waals surface area contributed by atoms with Crippen LogP contribution in [0.5, 0.6) is 0 Å². The molecule has 0 bridgehead atoms. The Bertz CT molecular complexity index is 1310. The normalized spacial score (nSPS) is 21.3. The number of anilines is 1. The number of halogens is 9. The van der Waals surface area contributed by atoms with Crippen molar-refractivity contribution in [3.8, 4) is 0 Å². The summed E-state index contributed by atoms with van der Waals surface area (Å²) in [6.45, 7) is 0.564. The van der Waals surface area contributed by atoms with Crippen LogP contribution in [0.2, 0.25) is 0 Å². The number of rotatable bonds is 8. The van der Waals surface area contributed by atoms with Gasteiger partial charge in [0.1, 0.15) is 0 Å². The molecule has 0 unspecified atom stereocenters. The zero-order valence-corrected chi connectivity index (χ0v) is 24.9. The molecular weight excluding hydrogens is 641 g/mol. The molecule has 8 nitrogen and oxygen atoms in total. The molecule has 18 heteroatoms. The molecule has 0 radical (unpaired) electrons. The van der Waals surface area contributed by atoms with Gasteiger partial charge < -0.3 is 20.4 Å². The van der Waals surface area contributed by atoms with E-state index in [4.69, 9.17) is 12.2 Å². The van der Waals surface area contributed by atoms with Gasteiger partial charge in [-0.3, -0.25) is 4.79 Å². The zero-order chi connectivity index (χ0) is 33.2. The van der Waals surface area contributed by atoms with Gasteiger partial charge in [0.2, 0.25) is 0 Å². The van der Waals surface area contributed by atoms with Crippen molar-refractivity contribution in [2.45, 2.75) is 88.1 Å². The molecule has 2 aromatic rings. The first-order chi connectivity index (χ1) is 20.9. The Hall–Kier alpha value is -3.15. The number of carbonyl (C=O) groups is 1. The quantitative estimate of drug-likeness (QED) is 0.278. The lowest BCUT2D eigenvalue weighted by Crippen LogP contribution is -2.53. The van der Waals surface area contributed by atoms with E-state index in [1.165, 1.54) is 10.9 Å². The molecule has 1 saturated heterocycles. The number of amides is 1. The number of nitrogens with one attached hydrogen (secondary N) is 2. The molecule has 45 heavy (non-hydrogen) atoms. The SMILES string of the molecule is CN(CCc1cnnn1C[C@H]1CCCN1C(=O)C(F)(F)F)[C@@H]1CCCC[C@H]1NC(=S)Nc1cc(C(F)(F)F)cc(C(F)(F)F)c1. The Kier molecular flexibility index (Phi) is 10.6. The van der Waals surface area contributed by atoms with Crippen LogP contribution in [0.25, 0.3) is 0 Å². The van der Waals surface area contributed by atoms with E-state index in [9.17, 15) is 44.3 Å². The number of carbonyl (C=O) groups excluding carboxylic acids is 1. The third kappa shape index (κ3) is 8.98. The van der Waals surface area contributed by atoms with Crippen LogP contribution in [0.4, 0.5) is 45.2 Å². The highest BCUT2D eigenvalue weighted by Crippen LogP contribution is 2.37. The molecular formula is C27H32F9N7OS. The highest BCUT2D eigenvalue weighted by atomic mass is 32.1. The lowest BCUT2D eigenvalue weighted by Gasteiger charge is -2.39. The lowest BCUT2D eigenvalue weighted by molar-refractivity contribution is -0.186. The predicted octanol–water partition coefficient (Wildman–Crippen LogP) is 5.64.